The van der Waals surface area contributed by atoms with Gasteiger partial charge in [0.15, 0.2) is 6.29 Å². The van der Waals surface area contributed by atoms with E-state index in [4.69, 9.17) is 9.47 Å². The molecule has 1 heterocycles. The predicted molar refractivity (Wildman–Crippen MR) is 198 cm³/mol. The topological polar surface area (TPSA) is 149 Å². The van der Waals surface area contributed by atoms with Crippen LogP contribution in [0.25, 0.3) is 0 Å². The molecule has 1 amide bonds. The molecular weight excluding hydrogens is 622 g/mol. The van der Waals surface area contributed by atoms with Gasteiger partial charge < -0.3 is 40.3 Å². The van der Waals surface area contributed by atoms with Gasteiger partial charge in [0.25, 0.3) is 0 Å². The van der Waals surface area contributed by atoms with E-state index in [0.29, 0.717) is 6.42 Å². The van der Waals surface area contributed by atoms with Crippen molar-refractivity contribution in [3.63, 3.8) is 0 Å². The Labute approximate surface area is 298 Å². The molecule has 0 saturated carbocycles. The second kappa shape index (κ2) is 31.4. The van der Waals surface area contributed by atoms with Gasteiger partial charge in [-0.25, -0.2) is 0 Å². The fourth-order valence-corrected chi connectivity index (χ4v) is 6.22. The standard InChI is InChI=1S/C40H75NO8/c1-3-5-7-9-11-13-15-17-19-21-23-25-27-29-34(43)33(32-48-40-39(47)38(46)37(45)35(31-42)49-40)41-36(44)30-28-26-24-22-20-18-16-14-12-10-8-6-4-2/h7,9,27,29,33-35,37-40,42-43,45-47H,3-6,8,10-26,28,30-32H2,1-2H3,(H,41,44)/b9-7-,29-27+/t33-,34+,35+,37-,38?,39?,40+/m0/s1. The lowest BCUT2D eigenvalue weighted by Crippen LogP contribution is -2.60. The summed E-state index contributed by atoms with van der Waals surface area (Å²) in [6, 6.07) is -0.801. The van der Waals surface area contributed by atoms with Crippen molar-refractivity contribution in [2.75, 3.05) is 13.2 Å². The summed E-state index contributed by atoms with van der Waals surface area (Å²) < 4.78 is 11.2. The van der Waals surface area contributed by atoms with Crippen molar-refractivity contribution in [3.8, 4) is 0 Å². The summed E-state index contributed by atoms with van der Waals surface area (Å²) >= 11 is 0. The van der Waals surface area contributed by atoms with Crippen LogP contribution in [0.4, 0.5) is 0 Å². The first-order valence-corrected chi connectivity index (χ1v) is 20.1. The second-order valence-electron chi connectivity index (χ2n) is 14.1. The Morgan fingerprint density at radius 1 is 0.673 bits per heavy atom. The van der Waals surface area contributed by atoms with Gasteiger partial charge in [0.05, 0.1) is 25.4 Å². The lowest BCUT2D eigenvalue weighted by Gasteiger charge is -2.40. The SMILES string of the molecule is CCC/C=C\CCCCCCCC/C=C/[C@@H](O)[C@H](CO[C@@H]1O[C@H](CO)[C@H](O)C(O)C1O)NC(=O)CCCCCCCCCCCCCCC. The normalized spacial score (nSPS) is 22.6. The molecule has 0 aromatic carbocycles. The predicted octanol–water partition coefficient (Wildman–Crippen LogP) is 7.16. The van der Waals surface area contributed by atoms with Gasteiger partial charge in [0.2, 0.25) is 5.91 Å². The number of hydrogen-bond acceptors (Lipinski definition) is 8. The Morgan fingerprint density at radius 3 is 1.73 bits per heavy atom. The average molecular weight is 698 g/mol. The molecule has 0 aromatic rings. The number of ether oxygens (including phenoxy) is 2. The fourth-order valence-electron chi connectivity index (χ4n) is 6.22. The van der Waals surface area contributed by atoms with E-state index in [1.807, 2.05) is 6.08 Å². The van der Waals surface area contributed by atoms with Gasteiger partial charge in [-0.05, 0) is 38.5 Å². The van der Waals surface area contributed by atoms with Crippen LogP contribution >= 0.6 is 0 Å². The number of aliphatic hydroxyl groups excluding tert-OH is 5. The van der Waals surface area contributed by atoms with Crippen molar-refractivity contribution in [1.82, 2.24) is 5.32 Å². The van der Waals surface area contributed by atoms with Gasteiger partial charge in [-0.1, -0.05) is 147 Å². The van der Waals surface area contributed by atoms with Crippen LogP contribution in [0.3, 0.4) is 0 Å². The molecular formula is C40H75NO8. The summed E-state index contributed by atoms with van der Waals surface area (Å²) in [5, 5.41) is 53.9. The first kappa shape index (κ1) is 45.7. The third-order valence-corrected chi connectivity index (χ3v) is 9.50. The Morgan fingerprint density at radius 2 is 1.18 bits per heavy atom. The highest BCUT2D eigenvalue weighted by Crippen LogP contribution is 2.22. The third-order valence-electron chi connectivity index (χ3n) is 9.50. The molecule has 0 spiro atoms. The van der Waals surface area contributed by atoms with Gasteiger partial charge in [0.1, 0.15) is 24.4 Å². The summed E-state index contributed by atoms with van der Waals surface area (Å²) in [6.45, 7) is 3.69. The summed E-state index contributed by atoms with van der Waals surface area (Å²) in [6.07, 6.45) is 27.8. The molecule has 9 heteroatoms. The molecule has 0 bridgehead atoms. The molecule has 1 aliphatic rings. The molecule has 1 aliphatic heterocycles. The largest absolute Gasteiger partial charge is 0.394 e. The molecule has 0 radical (unpaired) electrons. The quantitative estimate of drug-likeness (QED) is 0.0320. The summed E-state index contributed by atoms with van der Waals surface area (Å²) in [5.74, 6) is -0.182. The first-order chi connectivity index (χ1) is 23.8. The highest BCUT2D eigenvalue weighted by Gasteiger charge is 2.44. The van der Waals surface area contributed by atoms with E-state index in [0.717, 1.165) is 44.9 Å². The molecule has 1 saturated heterocycles. The number of rotatable bonds is 32. The molecule has 9 nitrogen and oxygen atoms in total. The van der Waals surface area contributed by atoms with Crippen LogP contribution in [-0.2, 0) is 14.3 Å². The summed E-state index contributed by atoms with van der Waals surface area (Å²) in [5.41, 5.74) is 0. The number of hydrogen-bond donors (Lipinski definition) is 6. The van der Waals surface area contributed by atoms with Crippen molar-refractivity contribution in [1.29, 1.82) is 0 Å². The maximum atomic E-state index is 12.9. The minimum Gasteiger partial charge on any atom is -0.394 e. The number of amides is 1. The zero-order valence-corrected chi connectivity index (χ0v) is 31.2. The average Bonchev–Trinajstić information content (AvgIpc) is 3.10. The lowest BCUT2D eigenvalue weighted by molar-refractivity contribution is -0.302. The van der Waals surface area contributed by atoms with Crippen molar-refractivity contribution < 1.29 is 39.8 Å². The van der Waals surface area contributed by atoms with Crippen LogP contribution < -0.4 is 5.32 Å². The Kier molecular flexibility index (Phi) is 29.3. The maximum absolute atomic E-state index is 12.9. The minimum atomic E-state index is -1.56. The second-order valence-corrected chi connectivity index (χ2v) is 14.1. The van der Waals surface area contributed by atoms with E-state index >= 15 is 0 Å². The van der Waals surface area contributed by atoms with Crippen LogP contribution in [0, 0.1) is 0 Å². The van der Waals surface area contributed by atoms with Gasteiger partial charge in [0, 0.05) is 6.42 Å². The Hall–Kier alpha value is -1.33. The number of unbranched alkanes of at least 4 members (excludes halogenated alkanes) is 20. The van der Waals surface area contributed by atoms with Gasteiger partial charge in [-0.15, -0.1) is 0 Å². The summed E-state index contributed by atoms with van der Waals surface area (Å²) in [4.78, 5) is 12.9. The highest BCUT2D eigenvalue weighted by atomic mass is 16.7. The van der Waals surface area contributed by atoms with Crippen molar-refractivity contribution >= 4 is 5.91 Å². The van der Waals surface area contributed by atoms with Crippen LogP contribution in [-0.4, -0.2) is 87.5 Å². The van der Waals surface area contributed by atoms with Crippen LogP contribution in [0.15, 0.2) is 24.3 Å². The molecule has 0 aromatic heterocycles. The van der Waals surface area contributed by atoms with Gasteiger partial charge in [-0.2, -0.15) is 0 Å². The molecule has 6 N–H and O–H groups in total. The van der Waals surface area contributed by atoms with Gasteiger partial charge in [-0.3, -0.25) is 4.79 Å². The molecule has 288 valence electrons. The number of aliphatic hydroxyl groups is 5. The lowest BCUT2D eigenvalue weighted by atomic mass is 9.99. The molecule has 1 rings (SSSR count). The van der Waals surface area contributed by atoms with Crippen molar-refractivity contribution in [2.24, 2.45) is 0 Å². The number of allylic oxidation sites excluding steroid dienone is 3. The van der Waals surface area contributed by atoms with E-state index in [1.165, 1.54) is 103 Å². The maximum Gasteiger partial charge on any atom is 0.220 e. The van der Waals surface area contributed by atoms with Crippen LogP contribution in [0.2, 0.25) is 0 Å². The monoisotopic (exact) mass is 698 g/mol. The minimum absolute atomic E-state index is 0.182. The van der Waals surface area contributed by atoms with E-state index in [2.05, 4.69) is 31.3 Å². The highest BCUT2D eigenvalue weighted by molar-refractivity contribution is 5.76. The van der Waals surface area contributed by atoms with E-state index in [9.17, 15) is 30.3 Å². The molecule has 7 atom stereocenters. The Bertz CT molecular complexity index is 822. The third kappa shape index (κ3) is 23.0. The van der Waals surface area contributed by atoms with E-state index in [-0.39, 0.29) is 12.5 Å². The molecule has 2 unspecified atom stereocenters. The van der Waals surface area contributed by atoms with Crippen LogP contribution in [0.5, 0.6) is 0 Å². The zero-order valence-electron chi connectivity index (χ0n) is 31.2. The fraction of sp³-hybridized carbons (Fsp3) is 0.875. The van der Waals surface area contributed by atoms with E-state index in [1.54, 1.807) is 6.08 Å². The Balaban J connectivity index is 2.44. The molecule has 49 heavy (non-hydrogen) atoms. The smallest absolute Gasteiger partial charge is 0.220 e. The molecule has 0 aliphatic carbocycles. The number of carbonyl (C=O) groups excluding carboxylic acids is 1. The van der Waals surface area contributed by atoms with Crippen molar-refractivity contribution in [2.45, 2.75) is 211 Å². The van der Waals surface area contributed by atoms with E-state index < -0.39 is 49.5 Å². The number of nitrogens with one attached hydrogen (secondary N) is 1. The first-order valence-electron chi connectivity index (χ1n) is 20.1. The zero-order chi connectivity index (χ0) is 36.0. The van der Waals surface area contributed by atoms with Gasteiger partial charge >= 0.3 is 0 Å². The molecule has 1 fully saturated rings. The number of carbonyl (C=O) groups is 1. The summed E-state index contributed by atoms with van der Waals surface area (Å²) in [7, 11) is 0. The van der Waals surface area contributed by atoms with Crippen LogP contribution in [0.1, 0.15) is 168 Å². The van der Waals surface area contributed by atoms with Crippen molar-refractivity contribution in [3.05, 3.63) is 24.3 Å².